The molecule has 0 spiro atoms. The van der Waals surface area contributed by atoms with E-state index in [0.717, 1.165) is 12.0 Å². The third-order valence-electron chi connectivity index (χ3n) is 3.33. The van der Waals surface area contributed by atoms with Crippen molar-refractivity contribution < 1.29 is 5.11 Å². The van der Waals surface area contributed by atoms with E-state index in [-0.39, 0.29) is 29.0 Å². The molecule has 1 aliphatic carbocycles. The number of hydrogen-bond donors (Lipinski definition) is 3. The van der Waals surface area contributed by atoms with E-state index in [9.17, 15) is 9.90 Å². The van der Waals surface area contributed by atoms with Gasteiger partial charge in [-0.1, -0.05) is 6.92 Å². The Kier molecular flexibility index (Phi) is 2.09. The number of H-pyrrole nitrogens is 1. The van der Waals surface area contributed by atoms with Crippen molar-refractivity contribution in [3.63, 3.8) is 0 Å². The zero-order chi connectivity index (χ0) is 12.9. The molecule has 2 aromatic heterocycles. The number of nitrogens with zero attached hydrogens (tertiary/aromatic N) is 3. The van der Waals surface area contributed by atoms with E-state index in [2.05, 4.69) is 15.0 Å². The lowest BCUT2D eigenvalue weighted by Crippen LogP contribution is -2.11. The largest absolute Gasteiger partial charge is 0.395 e. The van der Waals surface area contributed by atoms with Crippen LogP contribution in [-0.4, -0.2) is 31.2 Å². The number of rotatable bonds is 2. The lowest BCUT2D eigenvalue weighted by molar-refractivity contribution is 0.233. The lowest BCUT2D eigenvalue weighted by atomic mass is 10.1. The van der Waals surface area contributed by atoms with E-state index in [4.69, 9.17) is 5.73 Å². The van der Waals surface area contributed by atoms with Crippen molar-refractivity contribution in [2.75, 3.05) is 12.3 Å². The first kappa shape index (κ1) is 11.0. The molecule has 0 bridgehead atoms. The van der Waals surface area contributed by atoms with E-state index in [1.54, 1.807) is 4.57 Å². The number of aliphatic hydroxyl groups is 1. The summed E-state index contributed by atoms with van der Waals surface area (Å²) >= 11 is 0. The normalized spacial score (nSPS) is 24.9. The molecule has 0 amide bonds. The molecule has 1 atom stereocenters. The number of aliphatic hydroxyl groups excluding tert-OH is 1. The van der Waals surface area contributed by atoms with Gasteiger partial charge in [0, 0.05) is 11.6 Å². The Labute approximate surface area is 102 Å². The summed E-state index contributed by atoms with van der Waals surface area (Å²) in [7, 11) is 0. The van der Waals surface area contributed by atoms with Gasteiger partial charge in [-0.25, -0.2) is 4.98 Å². The molecule has 2 aromatic rings. The molecule has 2 heterocycles. The summed E-state index contributed by atoms with van der Waals surface area (Å²) in [6.45, 7) is 2.09. The number of hydrogen-bond acceptors (Lipinski definition) is 5. The second-order valence-electron chi connectivity index (χ2n) is 4.83. The fourth-order valence-corrected chi connectivity index (χ4v) is 1.94. The number of nitrogen functional groups attached to an aromatic ring is 1. The number of aromatic nitrogens is 4. The average molecular weight is 247 g/mol. The van der Waals surface area contributed by atoms with Crippen LogP contribution in [0.5, 0.6) is 0 Å². The van der Waals surface area contributed by atoms with Crippen molar-refractivity contribution >= 4 is 23.3 Å². The highest BCUT2D eigenvalue weighted by Crippen LogP contribution is 2.51. The first-order valence-corrected chi connectivity index (χ1v) is 5.58. The van der Waals surface area contributed by atoms with E-state index in [1.807, 2.05) is 13.1 Å². The van der Waals surface area contributed by atoms with Crippen molar-refractivity contribution in [2.45, 2.75) is 13.3 Å². The average Bonchev–Trinajstić information content (AvgIpc) is 2.78. The zero-order valence-electron chi connectivity index (χ0n) is 9.84. The molecule has 0 radical (unpaired) electrons. The van der Waals surface area contributed by atoms with Gasteiger partial charge in [0.15, 0.2) is 11.2 Å². The third-order valence-corrected chi connectivity index (χ3v) is 3.33. The predicted molar refractivity (Wildman–Crippen MR) is 66.6 cm³/mol. The van der Waals surface area contributed by atoms with Crippen molar-refractivity contribution in [3.8, 4) is 0 Å². The van der Waals surface area contributed by atoms with Gasteiger partial charge >= 0.3 is 0 Å². The maximum atomic E-state index is 11.6. The van der Waals surface area contributed by atoms with Gasteiger partial charge < -0.3 is 10.8 Å². The first-order valence-electron chi connectivity index (χ1n) is 5.58. The van der Waals surface area contributed by atoms with Crippen LogP contribution in [0, 0.1) is 5.41 Å². The van der Waals surface area contributed by atoms with Crippen LogP contribution in [0.2, 0.25) is 0 Å². The smallest absolute Gasteiger partial charge is 0.280 e. The maximum Gasteiger partial charge on any atom is 0.280 e. The Hall–Kier alpha value is -2.15. The Morgan fingerprint density at radius 1 is 1.72 bits per heavy atom. The number of nitrogens with two attached hydrogens (primary N) is 1. The molecule has 0 aliphatic heterocycles. The predicted octanol–water partition coefficient (Wildman–Crippen LogP) is -0.0550. The Bertz CT molecular complexity index is 714. The lowest BCUT2D eigenvalue weighted by Gasteiger charge is -2.00. The molecule has 18 heavy (non-hydrogen) atoms. The van der Waals surface area contributed by atoms with Crippen LogP contribution in [-0.2, 0) is 0 Å². The van der Waals surface area contributed by atoms with Gasteiger partial charge in [0.1, 0.15) is 6.33 Å². The summed E-state index contributed by atoms with van der Waals surface area (Å²) < 4.78 is 1.66. The highest BCUT2D eigenvalue weighted by molar-refractivity contribution is 5.73. The number of aromatic amines is 1. The Balaban J connectivity index is 2.13. The van der Waals surface area contributed by atoms with Crippen LogP contribution >= 0.6 is 0 Å². The molecular weight excluding hydrogens is 234 g/mol. The summed E-state index contributed by atoms with van der Waals surface area (Å²) in [6, 6.07) is 0. The van der Waals surface area contributed by atoms with Crippen LogP contribution in [0.15, 0.2) is 16.7 Å². The summed E-state index contributed by atoms with van der Waals surface area (Å²) in [5, 5.41) is 9.21. The van der Waals surface area contributed by atoms with Gasteiger partial charge in [-0.15, -0.1) is 0 Å². The molecule has 1 fully saturated rings. The fraction of sp³-hybridized carbons (Fsp3) is 0.364. The van der Waals surface area contributed by atoms with E-state index < -0.39 is 0 Å². The topological polar surface area (TPSA) is 110 Å². The minimum absolute atomic E-state index is 0.0633. The Morgan fingerprint density at radius 3 is 3.17 bits per heavy atom. The van der Waals surface area contributed by atoms with Crippen LogP contribution in [0.25, 0.3) is 17.4 Å². The molecule has 3 rings (SSSR count). The molecule has 0 saturated heterocycles. The maximum absolute atomic E-state index is 11.6. The minimum atomic E-state index is -0.352. The molecule has 7 heteroatoms. The van der Waals surface area contributed by atoms with Gasteiger partial charge in [-0.3, -0.25) is 14.3 Å². The van der Waals surface area contributed by atoms with Crippen LogP contribution in [0.3, 0.4) is 0 Å². The molecule has 0 unspecified atom stereocenters. The standard InChI is InChI=1S/C11H13N5O2/c1-11(4-17)2-6(11)3-16-5-13-7-8(16)14-10(12)15-9(7)18/h3,5,17H,2,4H2,1H3,(H3,12,14,15,18)/b6-3-/t11-/m1/s1. The molecule has 0 aromatic carbocycles. The van der Waals surface area contributed by atoms with Gasteiger partial charge in [0.25, 0.3) is 5.56 Å². The molecule has 4 N–H and O–H groups in total. The van der Waals surface area contributed by atoms with Crippen LogP contribution in [0.4, 0.5) is 5.95 Å². The number of anilines is 1. The van der Waals surface area contributed by atoms with Gasteiger partial charge in [0.2, 0.25) is 5.95 Å². The summed E-state index contributed by atoms with van der Waals surface area (Å²) in [5.74, 6) is 0.0633. The van der Waals surface area contributed by atoms with E-state index >= 15 is 0 Å². The highest BCUT2D eigenvalue weighted by atomic mass is 16.3. The van der Waals surface area contributed by atoms with E-state index in [1.165, 1.54) is 6.33 Å². The molecule has 7 nitrogen and oxygen atoms in total. The molecule has 1 saturated carbocycles. The van der Waals surface area contributed by atoms with Crippen molar-refractivity contribution in [1.29, 1.82) is 0 Å². The van der Waals surface area contributed by atoms with E-state index in [0.29, 0.717) is 5.65 Å². The zero-order valence-corrected chi connectivity index (χ0v) is 9.84. The quantitative estimate of drug-likeness (QED) is 0.689. The molecular formula is C11H13N5O2. The summed E-state index contributed by atoms with van der Waals surface area (Å²) in [5.41, 5.74) is 6.79. The van der Waals surface area contributed by atoms with Crippen molar-refractivity contribution in [1.82, 2.24) is 19.5 Å². The highest BCUT2D eigenvalue weighted by Gasteiger charge is 2.43. The molecule has 94 valence electrons. The number of nitrogens with one attached hydrogen (secondary N) is 1. The summed E-state index contributed by atoms with van der Waals surface area (Å²) in [4.78, 5) is 22.1. The SMILES string of the molecule is C[C@]1(CO)C/C1=C/n1cnc2c(=O)[nH]c(N)nc21. The van der Waals surface area contributed by atoms with Crippen LogP contribution in [0.1, 0.15) is 13.3 Å². The second-order valence-corrected chi connectivity index (χ2v) is 4.83. The Morgan fingerprint density at radius 2 is 2.50 bits per heavy atom. The number of imidazole rings is 1. The van der Waals surface area contributed by atoms with Gasteiger partial charge in [-0.05, 0) is 12.0 Å². The van der Waals surface area contributed by atoms with Crippen molar-refractivity contribution in [2.24, 2.45) is 5.41 Å². The van der Waals surface area contributed by atoms with Gasteiger partial charge in [0.05, 0.1) is 6.61 Å². The molecule has 1 aliphatic rings. The fourth-order valence-electron chi connectivity index (χ4n) is 1.94. The second kappa shape index (κ2) is 3.42. The monoisotopic (exact) mass is 247 g/mol. The first-order chi connectivity index (χ1) is 8.53. The number of fused-ring (bicyclic) bond motifs is 1. The van der Waals surface area contributed by atoms with Crippen molar-refractivity contribution in [3.05, 3.63) is 22.3 Å². The minimum Gasteiger partial charge on any atom is -0.395 e. The summed E-state index contributed by atoms with van der Waals surface area (Å²) in [6.07, 6.45) is 4.20. The van der Waals surface area contributed by atoms with Crippen LogP contribution < -0.4 is 11.3 Å². The van der Waals surface area contributed by atoms with Gasteiger partial charge in [-0.2, -0.15) is 4.98 Å². The third kappa shape index (κ3) is 1.52.